The van der Waals surface area contributed by atoms with Crippen LogP contribution in [0.1, 0.15) is 11.3 Å². The van der Waals surface area contributed by atoms with Gasteiger partial charge in [-0.2, -0.15) is 0 Å². The van der Waals surface area contributed by atoms with E-state index in [1.807, 2.05) is 37.3 Å². The van der Waals surface area contributed by atoms with Crippen molar-refractivity contribution in [2.75, 3.05) is 13.7 Å². The van der Waals surface area contributed by atoms with Crippen molar-refractivity contribution >= 4 is 10.0 Å². The lowest BCUT2D eigenvalue weighted by molar-refractivity contribution is 0.401. The van der Waals surface area contributed by atoms with Gasteiger partial charge in [0.25, 0.3) is 0 Å². The highest BCUT2D eigenvalue weighted by Gasteiger charge is 2.20. The number of nitrogens with zero attached hydrogens (tertiary/aromatic N) is 1. The minimum absolute atomic E-state index is 0.0908. The molecule has 0 saturated carbocycles. The monoisotopic (exact) mass is 372 g/mol. The highest BCUT2D eigenvalue weighted by molar-refractivity contribution is 7.89. The number of hydrogen-bond donors (Lipinski definition) is 1. The molecule has 1 N–H and O–H groups in total. The Morgan fingerprint density at radius 3 is 2.54 bits per heavy atom. The van der Waals surface area contributed by atoms with Gasteiger partial charge in [0.15, 0.2) is 5.76 Å². The highest BCUT2D eigenvalue weighted by atomic mass is 32.2. The molecule has 3 rings (SSSR count). The molecule has 0 amide bonds. The summed E-state index contributed by atoms with van der Waals surface area (Å²) in [4.78, 5) is 0.0908. The van der Waals surface area contributed by atoms with Crippen LogP contribution in [-0.4, -0.2) is 27.2 Å². The molecule has 26 heavy (non-hydrogen) atoms. The van der Waals surface area contributed by atoms with E-state index in [4.69, 9.17) is 9.26 Å². The lowest BCUT2D eigenvalue weighted by Crippen LogP contribution is -2.26. The zero-order valence-corrected chi connectivity index (χ0v) is 15.4. The summed E-state index contributed by atoms with van der Waals surface area (Å²) in [6, 6.07) is 16.3. The number of methoxy groups -OCH3 is 1. The predicted octanol–water partition coefficient (Wildman–Crippen LogP) is 3.18. The molecule has 0 saturated heterocycles. The van der Waals surface area contributed by atoms with Crippen molar-refractivity contribution in [3.05, 3.63) is 65.9 Å². The average Bonchev–Trinajstić information content (AvgIpc) is 3.08. The second-order valence-corrected chi connectivity index (χ2v) is 7.57. The molecule has 1 aromatic heterocycles. The van der Waals surface area contributed by atoms with Gasteiger partial charge in [0, 0.05) is 18.2 Å². The minimum atomic E-state index is -3.69. The van der Waals surface area contributed by atoms with Crippen LogP contribution in [0, 0.1) is 6.92 Å². The van der Waals surface area contributed by atoms with E-state index < -0.39 is 10.0 Å². The van der Waals surface area contributed by atoms with Crippen LogP contribution in [0.2, 0.25) is 0 Å². The number of aromatic nitrogens is 1. The Morgan fingerprint density at radius 1 is 1.12 bits per heavy atom. The summed E-state index contributed by atoms with van der Waals surface area (Å²) in [5, 5.41) is 3.84. The fourth-order valence-corrected chi connectivity index (χ4v) is 3.78. The summed E-state index contributed by atoms with van der Waals surface area (Å²) in [5.41, 5.74) is 2.52. The second-order valence-electron chi connectivity index (χ2n) is 5.83. The SMILES string of the molecule is COc1cc(-c2cc(C)no2)ccc1S(=O)(=O)NCCc1ccccc1. The van der Waals surface area contributed by atoms with Gasteiger partial charge in [-0.15, -0.1) is 0 Å². The smallest absolute Gasteiger partial charge is 0.244 e. The van der Waals surface area contributed by atoms with E-state index in [1.165, 1.54) is 13.2 Å². The van der Waals surface area contributed by atoms with Crippen LogP contribution in [0.4, 0.5) is 0 Å². The molecule has 3 aromatic rings. The molecule has 0 aliphatic heterocycles. The first-order valence-electron chi connectivity index (χ1n) is 8.15. The number of sulfonamides is 1. The molecule has 7 heteroatoms. The first-order chi connectivity index (χ1) is 12.5. The van der Waals surface area contributed by atoms with Gasteiger partial charge in [0.1, 0.15) is 10.6 Å². The van der Waals surface area contributed by atoms with Gasteiger partial charge in [-0.05, 0) is 37.1 Å². The van der Waals surface area contributed by atoms with Crippen LogP contribution in [0.5, 0.6) is 5.75 Å². The van der Waals surface area contributed by atoms with Crippen LogP contribution >= 0.6 is 0 Å². The van der Waals surface area contributed by atoms with Crippen LogP contribution in [0.15, 0.2) is 64.0 Å². The van der Waals surface area contributed by atoms with Crippen LogP contribution in [0.25, 0.3) is 11.3 Å². The van der Waals surface area contributed by atoms with E-state index in [-0.39, 0.29) is 10.6 Å². The third kappa shape index (κ3) is 4.12. The molecule has 6 nitrogen and oxygen atoms in total. The summed E-state index contributed by atoms with van der Waals surface area (Å²) in [6.45, 7) is 2.12. The van der Waals surface area contributed by atoms with E-state index in [9.17, 15) is 8.42 Å². The Hall–Kier alpha value is -2.64. The lowest BCUT2D eigenvalue weighted by Gasteiger charge is -2.11. The maximum absolute atomic E-state index is 12.6. The Bertz CT molecular complexity index is 982. The molecule has 0 atom stereocenters. The van der Waals surface area contributed by atoms with Gasteiger partial charge in [-0.3, -0.25) is 0 Å². The third-order valence-corrected chi connectivity index (χ3v) is 5.41. The molecule has 0 unspecified atom stereocenters. The Kier molecular flexibility index (Phi) is 5.39. The Balaban J connectivity index is 1.78. The van der Waals surface area contributed by atoms with Gasteiger partial charge in [0.05, 0.1) is 12.8 Å². The Morgan fingerprint density at radius 2 is 1.88 bits per heavy atom. The fraction of sp³-hybridized carbons (Fsp3) is 0.211. The maximum Gasteiger partial charge on any atom is 0.244 e. The summed E-state index contributed by atoms with van der Waals surface area (Å²) in [5.74, 6) is 0.811. The summed E-state index contributed by atoms with van der Waals surface area (Å²) >= 11 is 0. The zero-order valence-electron chi connectivity index (χ0n) is 14.6. The molecule has 0 aliphatic carbocycles. The fourth-order valence-electron chi connectivity index (χ4n) is 2.59. The van der Waals surface area contributed by atoms with Crippen LogP contribution < -0.4 is 9.46 Å². The van der Waals surface area contributed by atoms with E-state index in [1.54, 1.807) is 18.2 Å². The number of rotatable bonds is 7. The largest absolute Gasteiger partial charge is 0.495 e. The molecular formula is C19H20N2O4S. The minimum Gasteiger partial charge on any atom is -0.495 e. The number of ether oxygens (including phenoxy) is 1. The molecule has 136 valence electrons. The summed E-state index contributed by atoms with van der Waals surface area (Å²) in [7, 11) is -2.25. The van der Waals surface area contributed by atoms with E-state index >= 15 is 0 Å². The first-order valence-corrected chi connectivity index (χ1v) is 9.63. The predicted molar refractivity (Wildman–Crippen MR) is 98.6 cm³/mol. The Labute approximate surface area is 152 Å². The molecule has 2 aromatic carbocycles. The lowest BCUT2D eigenvalue weighted by atomic mass is 10.1. The van der Waals surface area contributed by atoms with Crippen molar-refractivity contribution < 1.29 is 17.7 Å². The van der Waals surface area contributed by atoms with Crippen molar-refractivity contribution in [2.24, 2.45) is 0 Å². The van der Waals surface area contributed by atoms with Crippen molar-refractivity contribution in [1.82, 2.24) is 9.88 Å². The van der Waals surface area contributed by atoms with Crippen molar-refractivity contribution in [1.29, 1.82) is 0 Å². The van der Waals surface area contributed by atoms with Gasteiger partial charge in [-0.1, -0.05) is 35.5 Å². The normalized spacial score (nSPS) is 11.5. The van der Waals surface area contributed by atoms with Crippen molar-refractivity contribution in [2.45, 2.75) is 18.2 Å². The van der Waals surface area contributed by atoms with Crippen molar-refractivity contribution in [3.63, 3.8) is 0 Å². The van der Waals surface area contributed by atoms with Crippen LogP contribution in [-0.2, 0) is 16.4 Å². The van der Waals surface area contributed by atoms with Gasteiger partial charge in [0.2, 0.25) is 10.0 Å². The highest BCUT2D eigenvalue weighted by Crippen LogP contribution is 2.30. The molecule has 1 heterocycles. The van der Waals surface area contributed by atoms with Crippen molar-refractivity contribution in [3.8, 4) is 17.1 Å². The second kappa shape index (κ2) is 7.72. The quantitative estimate of drug-likeness (QED) is 0.689. The molecular weight excluding hydrogens is 352 g/mol. The molecule has 0 radical (unpaired) electrons. The van der Waals surface area contributed by atoms with Gasteiger partial charge < -0.3 is 9.26 Å². The standard InChI is InChI=1S/C19H20N2O4S/c1-14-12-17(25-21-14)16-8-9-19(18(13-16)24-2)26(22,23)20-11-10-15-6-4-3-5-7-15/h3-9,12-13,20H,10-11H2,1-2H3. The first kappa shape index (κ1) is 18.2. The number of nitrogens with one attached hydrogen (secondary N) is 1. The zero-order chi connectivity index (χ0) is 18.6. The van der Waals surface area contributed by atoms with Gasteiger partial charge >= 0.3 is 0 Å². The van der Waals surface area contributed by atoms with Crippen LogP contribution in [0.3, 0.4) is 0 Å². The number of benzene rings is 2. The summed E-state index contributed by atoms with van der Waals surface area (Å²) in [6.07, 6.45) is 0.609. The molecule has 0 bridgehead atoms. The van der Waals surface area contributed by atoms with E-state index in [2.05, 4.69) is 9.88 Å². The average molecular weight is 372 g/mol. The summed E-state index contributed by atoms with van der Waals surface area (Å²) < 4.78 is 38.4. The molecule has 0 fully saturated rings. The molecule has 0 spiro atoms. The topological polar surface area (TPSA) is 81.4 Å². The van der Waals surface area contributed by atoms with E-state index in [0.717, 1.165) is 11.3 Å². The van der Waals surface area contributed by atoms with Gasteiger partial charge in [-0.25, -0.2) is 13.1 Å². The van der Waals surface area contributed by atoms with E-state index in [0.29, 0.717) is 24.3 Å². The third-order valence-electron chi connectivity index (χ3n) is 3.91. The maximum atomic E-state index is 12.6. The number of hydrogen-bond acceptors (Lipinski definition) is 5. The molecule has 0 aliphatic rings. The number of aryl methyl sites for hydroxylation is 1.